The molecule has 1 heterocycles. The van der Waals surface area contributed by atoms with Gasteiger partial charge in [-0.05, 0) is 44.7 Å². The summed E-state index contributed by atoms with van der Waals surface area (Å²) >= 11 is 1.52. The summed E-state index contributed by atoms with van der Waals surface area (Å²) in [4.78, 5) is 24.7. The molecule has 1 aromatic carbocycles. The normalized spacial score (nSPS) is 13.7. The van der Waals surface area contributed by atoms with Crippen LogP contribution in [0.3, 0.4) is 0 Å². The quantitative estimate of drug-likeness (QED) is 0.523. The molecule has 1 aliphatic carbocycles. The van der Waals surface area contributed by atoms with Gasteiger partial charge < -0.3 is 0 Å². The van der Waals surface area contributed by atoms with E-state index < -0.39 is 4.92 Å². The summed E-state index contributed by atoms with van der Waals surface area (Å²) in [5.74, 6) is -0.240. The van der Waals surface area contributed by atoms with Crippen LogP contribution in [0.5, 0.6) is 0 Å². The largest absolute Gasteiger partial charge is 0.281 e. The van der Waals surface area contributed by atoms with Gasteiger partial charge in [0.2, 0.25) is 0 Å². The van der Waals surface area contributed by atoms with Gasteiger partial charge in [0, 0.05) is 22.1 Å². The zero-order chi connectivity index (χ0) is 17.3. The molecule has 6 nitrogen and oxygen atoms in total. The van der Waals surface area contributed by atoms with Gasteiger partial charge in [-0.1, -0.05) is 12.1 Å². The van der Waals surface area contributed by atoms with Gasteiger partial charge in [0.05, 0.1) is 15.5 Å². The fourth-order valence-corrected chi connectivity index (χ4v) is 3.87. The Balaban J connectivity index is 1.75. The number of nitrogens with one attached hydrogen (secondary N) is 1. The molecule has 124 valence electrons. The summed E-state index contributed by atoms with van der Waals surface area (Å²) in [6.07, 6.45) is 3.24. The Morgan fingerprint density at radius 1 is 1.33 bits per heavy atom. The molecule has 0 aliphatic heterocycles. The Kier molecular flexibility index (Phi) is 4.44. The Bertz CT molecular complexity index is 833. The third-order valence-corrected chi connectivity index (χ3v) is 5.36. The van der Waals surface area contributed by atoms with Crippen LogP contribution < -0.4 is 5.43 Å². The van der Waals surface area contributed by atoms with Crippen LogP contribution in [0.25, 0.3) is 0 Å². The van der Waals surface area contributed by atoms with Gasteiger partial charge in [0.15, 0.2) is 0 Å². The minimum absolute atomic E-state index is 0.0445. The van der Waals surface area contributed by atoms with Crippen molar-refractivity contribution in [2.75, 3.05) is 0 Å². The van der Waals surface area contributed by atoms with Crippen molar-refractivity contribution in [2.45, 2.75) is 33.1 Å². The first kappa shape index (κ1) is 16.3. The molecule has 3 rings (SSSR count). The van der Waals surface area contributed by atoms with Crippen molar-refractivity contribution in [1.82, 2.24) is 5.43 Å². The molecular formula is C17H17N3O3S. The minimum atomic E-state index is -0.419. The first-order valence-electron chi connectivity index (χ1n) is 7.67. The second-order valence-electron chi connectivity index (χ2n) is 5.81. The highest BCUT2D eigenvalue weighted by Gasteiger charge is 2.18. The number of aryl methyl sites for hydroxylation is 3. The summed E-state index contributed by atoms with van der Waals surface area (Å²) in [6.45, 7) is 3.40. The number of nitro benzene ring substituents is 1. The van der Waals surface area contributed by atoms with E-state index in [-0.39, 0.29) is 11.6 Å². The lowest BCUT2D eigenvalue weighted by molar-refractivity contribution is -0.385. The fourth-order valence-electron chi connectivity index (χ4n) is 2.73. The van der Waals surface area contributed by atoms with Crippen LogP contribution in [0.15, 0.2) is 29.4 Å². The van der Waals surface area contributed by atoms with Gasteiger partial charge >= 0.3 is 0 Å². The van der Waals surface area contributed by atoms with Crippen molar-refractivity contribution in [3.63, 3.8) is 0 Å². The van der Waals surface area contributed by atoms with Crippen molar-refractivity contribution < 1.29 is 9.72 Å². The molecule has 7 heteroatoms. The van der Waals surface area contributed by atoms with Crippen LogP contribution in [0.4, 0.5) is 5.69 Å². The number of carbonyl (C=O) groups is 1. The van der Waals surface area contributed by atoms with E-state index >= 15 is 0 Å². The van der Waals surface area contributed by atoms with Gasteiger partial charge in [-0.2, -0.15) is 5.10 Å². The fraction of sp³-hybridized carbons (Fsp3) is 0.294. The topological polar surface area (TPSA) is 84.6 Å². The van der Waals surface area contributed by atoms with E-state index in [1.54, 1.807) is 26.0 Å². The van der Waals surface area contributed by atoms with E-state index in [4.69, 9.17) is 0 Å². The van der Waals surface area contributed by atoms with Crippen molar-refractivity contribution in [1.29, 1.82) is 0 Å². The highest BCUT2D eigenvalue weighted by atomic mass is 32.1. The second kappa shape index (κ2) is 6.52. The molecule has 1 aliphatic rings. The number of hydrogen-bond acceptors (Lipinski definition) is 5. The number of thiophene rings is 1. The molecule has 1 N–H and O–H groups in total. The number of amides is 1. The molecule has 0 unspecified atom stereocenters. The predicted molar refractivity (Wildman–Crippen MR) is 93.9 cm³/mol. The number of hydrazone groups is 1. The highest BCUT2D eigenvalue weighted by Crippen LogP contribution is 2.30. The van der Waals surface area contributed by atoms with Gasteiger partial charge in [0.1, 0.15) is 0 Å². The average Bonchev–Trinajstić information content (AvgIpc) is 3.14. The Hall–Kier alpha value is -2.54. The second-order valence-corrected chi connectivity index (χ2v) is 6.95. The van der Waals surface area contributed by atoms with Gasteiger partial charge in [-0.15, -0.1) is 11.3 Å². The SMILES string of the molecule is C/C(=N/NC(=O)c1cc2c(s1)CCC2)c1ccc(C)c([N+](=O)[O-])c1. The molecule has 0 spiro atoms. The monoisotopic (exact) mass is 343 g/mol. The maximum atomic E-state index is 12.2. The number of hydrogen-bond donors (Lipinski definition) is 1. The summed E-state index contributed by atoms with van der Waals surface area (Å²) in [5.41, 5.74) is 5.57. The molecule has 1 aromatic heterocycles. The first-order chi connectivity index (χ1) is 11.5. The lowest BCUT2D eigenvalue weighted by Crippen LogP contribution is -2.18. The van der Waals surface area contributed by atoms with Crippen molar-refractivity contribution in [3.8, 4) is 0 Å². The number of nitrogens with zero attached hydrogens (tertiary/aromatic N) is 2. The molecule has 0 radical (unpaired) electrons. The summed E-state index contributed by atoms with van der Waals surface area (Å²) in [5, 5.41) is 15.1. The Labute approximate surface area is 143 Å². The zero-order valence-corrected chi connectivity index (χ0v) is 14.3. The van der Waals surface area contributed by atoms with Crippen LogP contribution in [-0.2, 0) is 12.8 Å². The summed E-state index contributed by atoms with van der Waals surface area (Å²) in [6, 6.07) is 6.84. The molecule has 0 atom stereocenters. The minimum Gasteiger partial charge on any atom is -0.266 e. The summed E-state index contributed by atoms with van der Waals surface area (Å²) in [7, 11) is 0. The maximum Gasteiger partial charge on any atom is 0.281 e. The van der Waals surface area contributed by atoms with Crippen LogP contribution >= 0.6 is 11.3 Å². The number of fused-ring (bicyclic) bond motifs is 1. The van der Waals surface area contributed by atoms with Crippen molar-refractivity contribution in [2.24, 2.45) is 5.10 Å². The Morgan fingerprint density at radius 2 is 2.12 bits per heavy atom. The number of benzene rings is 1. The van der Waals surface area contributed by atoms with E-state index in [9.17, 15) is 14.9 Å². The van der Waals surface area contributed by atoms with E-state index in [1.807, 2.05) is 6.07 Å². The molecule has 0 saturated carbocycles. The first-order valence-corrected chi connectivity index (χ1v) is 8.49. The number of nitro groups is 1. The molecule has 24 heavy (non-hydrogen) atoms. The highest BCUT2D eigenvalue weighted by molar-refractivity contribution is 7.14. The molecule has 2 aromatic rings. The molecular weight excluding hydrogens is 326 g/mol. The van der Waals surface area contributed by atoms with Gasteiger partial charge in [0.25, 0.3) is 11.6 Å². The standard InChI is InChI=1S/C17H17N3O3S/c1-10-6-7-12(8-14(10)20(22)23)11(2)18-19-17(21)16-9-13-4-3-5-15(13)24-16/h6-9H,3-5H2,1-2H3,(H,19,21)/b18-11-. The number of carbonyl (C=O) groups excluding carboxylic acids is 1. The molecule has 0 fully saturated rings. The van der Waals surface area contributed by atoms with Crippen LogP contribution in [0.1, 0.15) is 44.6 Å². The molecule has 1 amide bonds. The lowest BCUT2D eigenvalue weighted by Gasteiger charge is -2.04. The molecule has 0 bridgehead atoms. The van der Waals surface area contributed by atoms with Gasteiger partial charge in [-0.25, -0.2) is 5.43 Å². The van der Waals surface area contributed by atoms with Crippen molar-refractivity contribution >= 4 is 28.6 Å². The van der Waals surface area contributed by atoms with E-state index in [1.165, 1.54) is 27.8 Å². The average molecular weight is 343 g/mol. The zero-order valence-electron chi connectivity index (χ0n) is 13.5. The van der Waals surface area contributed by atoms with E-state index in [0.29, 0.717) is 21.7 Å². The summed E-state index contributed by atoms with van der Waals surface area (Å²) < 4.78 is 0. The van der Waals surface area contributed by atoms with Crippen LogP contribution in [0, 0.1) is 17.0 Å². The molecule has 0 saturated heterocycles. The third-order valence-electron chi connectivity index (χ3n) is 4.12. The number of rotatable bonds is 4. The van der Waals surface area contributed by atoms with Crippen LogP contribution in [0.2, 0.25) is 0 Å². The smallest absolute Gasteiger partial charge is 0.266 e. The Morgan fingerprint density at radius 3 is 2.83 bits per heavy atom. The third kappa shape index (κ3) is 3.21. The van der Waals surface area contributed by atoms with Gasteiger partial charge in [-0.3, -0.25) is 14.9 Å². The maximum absolute atomic E-state index is 12.2. The van der Waals surface area contributed by atoms with Crippen molar-refractivity contribution in [3.05, 3.63) is 60.8 Å². The van der Waals surface area contributed by atoms with E-state index in [2.05, 4.69) is 10.5 Å². The predicted octanol–water partition coefficient (Wildman–Crippen LogP) is 3.61. The van der Waals surface area contributed by atoms with E-state index in [0.717, 1.165) is 19.3 Å². The van der Waals surface area contributed by atoms with Crippen LogP contribution in [-0.4, -0.2) is 16.5 Å². The lowest BCUT2D eigenvalue weighted by atomic mass is 10.1.